The molecule has 0 spiro atoms. The van der Waals surface area contributed by atoms with Crippen molar-refractivity contribution in [1.29, 1.82) is 0 Å². The Morgan fingerprint density at radius 1 is 1.52 bits per heavy atom. The molecule has 7 heteroatoms. The minimum Gasteiger partial charge on any atom is -0.496 e. The van der Waals surface area contributed by atoms with Crippen LogP contribution in [0.25, 0.3) is 0 Å². The molecular formula is C14H14BrNO3S2. The fraction of sp³-hybridized carbons (Fsp3) is 0.286. The molecule has 0 amide bonds. The molecule has 0 saturated carbocycles. The van der Waals surface area contributed by atoms with E-state index in [-0.39, 0.29) is 6.42 Å². The molecule has 0 fully saturated rings. The van der Waals surface area contributed by atoms with Crippen LogP contribution in [0.3, 0.4) is 0 Å². The number of aliphatic carboxylic acids is 1. The number of rotatable bonds is 6. The van der Waals surface area contributed by atoms with Gasteiger partial charge in [0.1, 0.15) is 5.75 Å². The molecule has 0 aliphatic heterocycles. The Balaban J connectivity index is 2.10. The lowest BCUT2D eigenvalue weighted by Gasteiger charge is -2.07. The largest absolute Gasteiger partial charge is 0.496 e. The van der Waals surface area contributed by atoms with E-state index >= 15 is 0 Å². The van der Waals surface area contributed by atoms with Crippen LogP contribution in [0.15, 0.2) is 27.0 Å². The average Bonchev–Trinajstić information content (AvgIpc) is 2.76. The van der Waals surface area contributed by atoms with E-state index in [4.69, 9.17) is 9.84 Å². The van der Waals surface area contributed by atoms with Gasteiger partial charge in [-0.05, 0) is 25.1 Å². The van der Waals surface area contributed by atoms with Crippen LogP contribution in [0, 0.1) is 6.92 Å². The number of aryl methyl sites for hydroxylation is 1. The molecule has 1 heterocycles. The van der Waals surface area contributed by atoms with Gasteiger partial charge >= 0.3 is 5.97 Å². The normalized spacial score (nSPS) is 10.6. The van der Waals surface area contributed by atoms with Gasteiger partial charge in [0, 0.05) is 20.7 Å². The van der Waals surface area contributed by atoms with E-state index in [0.29, 0.717) is 0 Å². The van der Waals surface area contributed by atoms with Gasteiger partial charge in [-0.2, -0.15) is 0 Å². The van der Waals surface area contributed by atoms with E-state index in [1.54, 1.807) is 18.9 Å². The highest BCUT2D eigenvalue weighted by Gasteiger charge is 2.12. The first-order chi connectivity index (χ1) is 9.99. The molecule has 2 aromatic rings. The summed E-state index contributed by atoms with van der Waals surface area (Å²) >= 11 is 6.48. The van der Waals surface area contributed by atoms with Crippen LogP contribution in [-0.4, -0.2) is 23.2 Å². The van der Waals surface area contributed by atoms with Crippen molar-refractivity contribution in [2.75, 3.05) is 7.11 Å². The van der Waals surface area contributed by atoms with Crippen LogP contribution in [-0.2, 0) is 17.0 Å². The van der Waals surface area contributed by atoms with Crippen LogP contribution in [0.1, 0.15) is 16.1 Å². The number of hydrogen-bond acceptors (Lipinski definition) is 5. The molecule has 2 rings (SSSR count). The number of nitrogens with zero attached hydrogens (tertiary/aromatic N) is 1. The molecule has 0 atom stereocenters. The van der Waals surface area contributed by atoms with E-state index in [9.17, 15) is 4.79 Å². The summed E-state index contributed by atoms with van der Waals surface area (Å²) in [6.45, 7) is 1.85. The molecular weight excluding hydrogens is 374 g/mol. The molecule has 4 nitrogen and oxygen atoms in total. The van der Waals surface area contributed by atoms with Gasteiger partial charge in [-0.15, -0.1) is 11.3 Å². The molecule has 0 aliphatic carbocycles. The average molecular weight is 388 g/mol. The molecule has 21 heavy (non-hydrogen) atoms. The topological polar surface area (TPSA) is 59.4 Å². The maximum atomic E-state index is 10.8. The second kappa shape index (κ2) is 7.29. The van der Waals surface area contributed by atoms with E-state index in [1.807, 2.05) is 25.1 Å². The highest BCUT2D eigenvalue weighted by atomic mass is 79.9. The van der Waals surface area contributed by atoms with Gasteiger partial charge in [-0.3, -0.25) is 4.79 Å². The summed E-state index contributed by atoms with van der Waals surface area (Å²) in [4.78, 5) is 16.0. The van der Waals surface area contributed by atoms with Crippen molar-refractivity contribution in [2.45, 2.75) is 23.4 Å². The highest BCUT2D eigenvalue weighted by molar-refractivity contribution is 9.10. The number of benzene rings is 1. The van der Waals surface area contributed by atoms with Gasteiger partial charge in [-0.1, -0.05) is 27.7 Å². The number of halogens is 1. The lowest BCUT2D eigenvalue weighted by molar-refractivity contribution is -0.136. The first kappa shape index (κ1) is 16.3. The van der Waals surface area contributed by atoms with Gasteiger partial charge in [0.25, 0.3) is 0 Å². The van der Waals surface area contributed by atoms with Crippen LogP contribution < -0.4 is 4.74 Å². The quantitative estimate of drug-likeness (QED) is 0.754. The minimum absolute atomic E-state index is 0.0320. The Morgan fingerprint density at radius 2 is 2.29 bits per heavy atom. The lowest BCUT2D eigenvalue weighted by atomic mass is 10.2. The van der Waals surface area contributed by atoms with Gasteiger partial charge in [0.15, 0.2) is 4.34 Å². The lowest BCUT2D eigenvalue weighted by Crippen LogP contribution is -1.99. The van der Waals surface area contributed by atoms with E-state index < -0.39 is 5.97 Å². The summed E-state index contributed by atoms with van der Waals surface area (Å²) in [5, 5.41) is 8.86. The minimum atomic E-state index is -0.827. The van der Waals surface area contributed by atoms with E-state index in [2.05, 4.69) is 20.9 Å². The zero-order valence-electron chi connectivity index (χ0n) is 11.6. The van der Waals surface area contributed by atoms with Crippen LogP contribution in [0.4, 0.5) is 0 Å². The van der Waals surface area contributed by atoms with Crippen LogP contribution in [0.2, 0.25) is 0 Å². The second-order valence-corrected chi connectivity index (χ2v) is 7.53. The van der Waals surface area contributed by atoms with Crippen molar-refractivity contribution in [3.63, 3.8) is 0 Å². The van der Waals surface area contributed by atoms with Crippen molar-refractivity contribution in [3.8, 4) is 5.75 Å². The van der Waals surface area contributed by atoms with Crippen molar-refractivity contribution < 1.29 is 14.6 Å². The number of aromatic nitrogens is 1. The molecule has 0 bridgehead atoms. The zero-order valence-corrected chi connectivity index (χ0v) is 14.8. The Labute approximate surface area is 139 Å². The fourth-order valence-electron chi connectivity index (χ4n) is 1.76. The summed E-state index contributed by atoms with van der Waals surface area (Å²) in [5.41, 5.74) is 1.87. The Hall–Kier alpha value is -1.05. The molecule has 0 aliphatic rings. The second-order valence-electron chi connectivity index (χ2n) is 4.30. The predicted molar refractivity (Wildman–Crippen MR) is 88.4 cm³/mol. The molecule has 0 radical (unpaired) electrons. The first-order valence-electron chi connectivity index (χ1n) is 6.13. The smallest absolute Gasteiger partial charge is 0.308 e. The number of carboxylic acids is 1. The van der Waals surface area contributed by atoms with Crippen molar-refractivity contribution >= 4 is 45.0 Å². The SMILES string of the molecule is COc1ccc(Br)cc1CSc1nc(C)c(CC(=O)O)s1. The maximum Gasteiger partial charge on any atom is 0.308 e. The number of carbonyl (C=O) groups is 1. The third kappa shape index (κ3) is 4.46. The van der Waals surface area contributed by atoms with Crippen LogP contribution >= 0.6 is 39.0 Å². The fourth-order valence-corrected chi connectivity index (χ4v) is 4.38. The first-order valence-corrected chi connectivity index (χ1v) is 8.72. The zero-order chi connectivity index (χ0) is 15.4. The molecule has 1 N–H and O–H groups in total. The molecule has 0 unspecified atom stereocenters. The van der Waals surface area contributed by atoms with Crippen LogP contribution in [0.5, 0.6) is 5.75 Å². The summed E-state index contributed by atoms with van der Waals surface area (Å²) in [6, 6.07) is 5.87. The summed E-state index contributed by atoms with van der Waals surface area (Å²) in [7, 11) is 1.65. The van der Waals surface area contributed by atoms with Crippen molar-refractivity contribution in [1.82, 2.24) is 4.98 Å². The molecule has 1 aromatic carbocycles. The number of hydrogen-bond donors (Lipinski definition) is 1. The predicted octanol–water partition coefficient (Wildman–Crippen LogP) is 4.14. The van der Waals surface area contributed by atoms with Crippen molar-refractivity contribution in [2.24, 2.45) is 0 Å². The van der Waals surface area contributed by atoms with Gasteiger partial charge in [0.05, 0.1) is 19.2 Å². The summed E-state index contributed by atoms with van der Waals surface area (Å²) in [5.74, 6) is 0.735. The number of thioether (sulfide) groups is 1. The molecule has 1 aromatic heterocycles. The Morgan fingerprint density at radius 3 is 2.95 bits per heavy atom. The maximum absolute atomic E-state index is 10.8. The van der Waals surface area contributed by atoms with Gasteiger partial charge in [0.2, 0.25) is 0 Å². The standard InChI is InChI=1S/C14H14BrNO3S2/c1-8-12(6-13(17)18)21-14(16-8)20-7-9-5-10(15)3-4-11(9)19-2/h3-5H,6-7H2,1-2H3,(H,17,18). The molecule has 112 valence electrons. The summed E-state index contributed by atoms with van der Waals surface area (Å²) < 4.78 is 7.22. The monoisotopic (exact) mass is 387 g/mol. The van der Waals surface area contributed by atoms with E-state index in [1.165, 1.54) is 11.3 Å². The Bertz CT molecular complexity index is 658. The number of ether oxygens (including phenoxy) is 1. The van der Waals surface area contributed by atoms with Gasteiger partial charge < -0.3 is 9.84 Å². The number of carboxylic acid groups (broad SMARTS) is 1. The number of thiazole rings is 1. The number of methoxy groups -OCH3 is 1. The third-order valence-corrected chi connectivity index (χ3v) is 5.62. The van der Waals surface area contributed by atoms with Gasteiger partial charge in [-0.25, -0.2) is 4.98 Å². The summed E-state index contributed by atoms with van der Waals surface area (Å²) in [6.07, 6.45) is 0.0320. The molecule has 0 saturated heterocycles. The highest BCUT2D eigenvalue weighted by Crippen LogP contribution is 2.33. The van der Waals surface area contributed by atoms with E-state index in [0.717, 1.165) is 36.4 Å². The van der Waals surface area contributed by atoms with Crippen molar-refractivity contribution in [3.05, 3.63) is 38.8 Å². The third-order valence-electron chi connectivity index (χ3n) is 2.78. The Kier molecular flexibility index (Phi) is 5.66.